The number of carboxylic acid groups (broad SMARTS) is 1. The minimum absolute atomic E-state index is 0.446. The van der Waals surface area contributed by atoms with Crippen molar-refractivity contribution >= 4 is 5.97 Å². The highest BCUT2D eigenvalue weighted by Crippen LogP contribution is 2.37. The van der Waals surface area contributed by atoms with Gasteiger partial charge in [0.1, 0.15) is 0 Å². The number of H-pyrrole nitrogens is 1. The van der Waals surface area contributed by atoms with Gasteiger partial charge < -0.3 is 10.1 Å². The number of aromatic amines is 1. The summed E-state index contributed by atoms with van der Waals surface area (Å²) in [4.78, 5) is 16.6. The summed E-state index contributed by atoms with van der Waals surface area (Å²) in [6.45, 7) is 2.17. The van der Waals surface area contributed by atoms with Gasteiger partial charge in [-0.3, -0.25) is 4.90 Å². The van der Waals surface area contributed by atoms with Gasteiger partial charge in [-0.15, -0.1) is 0 Å². The van der Waals surface area contributed by atoms with E-state index in [9.17, 15) is 4.79 Å². The predicted molar refractivity (Wildman–Crippen MR) is 55.0 cm³/mol. The molecule has 4 nitrogen and oxygen atoms in total. The molecule has 2 N–H and O–H groups in total. The van der Waals surface area contributed by atoms with E-state index in [1.807, 2.05) is 0 Å². The Hall–Kier alpha value is -1.29. The maximum Gasteiger partial charge on any atom is 0.337 e. The van der Waals surface area contributed by atoms with Gasteiger partial charge in [-0.1, -0.05) is 0 Å². The SMILES string of the molecule is O=C(O)c1c[nH]c2c1CCN1CCCC21. The van der Waals surface area contributed by atoms with E-state index in [0.717, 1.165) is 37.2 Å². The zero-order chi connectivity index (χ0) is 10.4. The van der Waals surface area contributed by atoms with E-state index in [1.165, 1.54) is 6.42 Å². The van der Waals surface area contributed by atoms with Crippen LogP contribution in [-0.4, -0.2) is 34.0 Å². The van der Waals surface area contributed by atoms with Crippen LogP contribution in [0.3, 0.4) is 0 Å². The quantitative estimate of drug-likeness (QED) is 0.730. The Kier molecular flexibility index (Phi) is 1.85. The summed E-state index contributed by atoms with van der Waals surface area (Å²) in [6, 6.07) is 0.446. The highest BCUT2D eigenvalue weighted by atomic mass is 16.4. The van der Waals surface area contributed by atoms with Crippen molar-refractivity contribution in [3.63, 3.8) is 0 Å². The van der Waals surface area contributed by atoms with E-state index in [4.69, 9.17) is 5.11 Å². The average Bonchev–Trinajstić information content (AvgIpc) is 2.82. The van der Waals surface area contributed by atoms with Gasteiger partial charge in [-0.05, 0) is 31.4 Å². The molecule has 2 aliphatic rings. The number of carboxylic acids is 1. The number of nitrogens with zero attached hydrogens (tertiary/aromatic N) is 1. The largest absolute Gasteiger partial charge is 0.478 e. The number of carbonyl (C=O) groups is 1. The van der Waals surface area contributed by atoms with Crippen LogP contribution in [0.1, 0.15) is 40.5 Å². The molecule has 4 heteroatoms. The van der Waals surface area contributed by atoms with Crippen molar-refractivity contribution in [2.45, 2.75) is 25.3 Å². The van der Waals surface area contributed by atoms with Crippen molar-refractivity contribution in [2.75, 3.05) is 13.1 Å². The Morgan fingerprint density at radius 2 is 2.40 bits per heavy atom. The fourth-order valence-corrected chi connectivity index (χ4v) is 2.90. The molecule has 1 atom stereocenters. The third-order valence-corrected chi connectivity index (χ3v) is 3.60. The smallest absolute Gasteiger partial charge is 0.337 e. The number of aromatic carboxylic acids is 1. The van der Waals surface area contributed by atoms with E-state index < -0.39 is 5.97 Å². The van der Waals surface area contributed by atoms with Crippen molar-refractivity contribution < 1.29 is 9.90 Å². The zero-order valence-corrected chi connectivity index (χ0v) is 8.49. The minimum Gasteiger partial charge on any atom is -0.478 e. The Balaban J connectivity index is 2.05. The monoisotopic (exact) mass is 206 g/mol. The number of nitrogens with one attached hydrogen (secondary N) is 1. The van der Waals surface area contributed by atoms with Crippen LogP contribution in [0.25, 0.3) is 0 Å². The van der Waals surface area contributed by atoms with Gasteiger partial charge in [-0.25, -0.2) is 4.79 Å². The molecule has 0 spiro atoms. The lowest BCUT2D eigenvalue weighted by Gasteiger charge is -2.29. The number of hydrogen-bond donors (Lipinski definition) is 2. The third kappa shape index (κ3) is 1.21. The average molecular weight is 206 g/mol. The van der Waals surface area contributed by atoms with Crippen LogP contribution in [0, 0.1) is 0 Å². The fourth-order valence-electron chi connectivity index (χ4n) is 2.90. The van der Waals surface area contributed by atoms with E-state index in [0.29, 0.717) is 11.6 Å². The normalized spacial score (nSPS) is 24.9. The van der Waals surface area contributed by atoms with Crippen LogP contribution >= 0.6 is 0 Å². The first kappa shape index (κ1) is 8.97. The Morgan fingerprint density at radius 3 is 3.20 bits per heavy atom. The molecule has 1 saturated heterocycles. The van der Waals surface area contributed by atoms with E-state index in [2.05, 4.69) is 9.88 Å². The first-order chi connectivity index (χ1) is 7.27. The van der Waals surface area contributed by atoms with E-state index in [1.54, 1.807) is 6.20 Å². The molecular weight excluding hydrogens is 192 g/mol. The summed E-state index contributed by atoms with van der Waals surface area (Å²) in [7, 11) is 0. The zero-order valence-electron chi connectivity index (χ0n) is 8.49. The highest BCUT2D eigenvalue weighted by molar-refractivity contribution is 5.89. The molecule has 0 bridgehead atoms. The predicted octanol–water partition coefficient (Wildman–Crippen LogP) is 1.41. The van der Waals surface area contributed by atoms with Gasteiger partial charge >= 0.3 is 5.97 Å². The third-order valence-electron chi connectivity index (χ3n) is 3.60. The first-order valence-corrected chi connectivity index (χ1v) is 5.45. The lowest BCUT2D eigenvalue weighted by molar-refractivity contribution is 0.0695. The summed E-state index contributed by atoms with van der Waals surface area (Å²) in [5.41, 5.74) is 2.65. The molecule has 3 heterocycles. The lowest BCUT2D eigenvalue weighted by atomic mass is 9.97. The van der Waals surface area contributed by atoms with Crippen LogP contribution in [0.4, 0.5) is 0 Å². The van der Waals surface area contributed by atoms with E-state index in [-0.39, 0.29) is 0 Å². The minimum atomic E-state index is -0.807. The second-order valence-electron chi connectivity index (χ2n) is 4.34. The molecule has 0 saturated carbocycles. The molecule has 0 aromatic carbocycles. The second-order valence-corrected chi connectivity index (χ2v) is 4.34. The highest BCUT2D eigenvalue weighted by Gasteiger charge is 2.34. The molecule has 15 heavy (non-hydrogen) atoms. The van der Waals surface area contributed by atoms with Crippen LogP contribution < -0.4 is 0 Å². The molecule has 0 radical (unpaired) electrons. The molecule has 1 unspecified atom stereocenters. The topological polar surface area (TPSA) is 56.3 Å². The second kappa shape index (κ2) is 3.10. The number of rotatable bonds is 1. The van der Waals surface area contributed by atoms with Crippen LogP contribution in [0.5, 0.6) is 0 Å². The van der Waals surface area contributed by atoms with Gasteiger partial charge in [-0.2, -0.15) is 0 Å². The molecule has 0 amide bonds. The van der Waals surface area contributed by atoms with Crippen LogP contribution in [0.15, 0.2) is 6.20 Å². The summed E-state index contributed by atoms with van der Waals surface area (Å²) in [5.74, 6) is -0.807. The van der Waals surface area contributed by atoms with Gasteiger partial charge in [0.2, 0.25) is 0 Å². The summed E-state index contributed by atoms with van der Waals surface area (Å²) >= 11 is 0. The standard InChI is InChI=1S/C11H14N2O2/c14-11(15)8-6-12-10-7(8)3-5-13-4-1-2-9(10)13/h6,9,12H,1-5H2,(H,14,15). The van der Waals surface area contributed by atoms with Crippen molar-refractivity contribution in [2.24, 2.45) is 0 Å². The van der Waals surface area contributed by atoms with Gasteiger partial charge in [0, 0.05) is 18.4 Å². The van der Waals surface area contributed by atoms with Crippen molar-refractivity contribution in [3.8, 4) is 0 Å². The molecule has 1 fully saturated rings. The lowest BCUT2D eigenvalue weighted by Crippen LogP contribution is -2.31. The first-order valence-electron chi connectivity index (χ1n) is 5.45. The molecule has 2 aliphatic heterocycles. The Labute approximate surface area is 87.9 Å². The van der Waals surface area contributed by atoms with Crippen molar-refractivity contribution in [3.05, 3.63) is 23.0 Å². The number of aromatic nitrogens is 1. The number of hydrogen-bond acceptors (Lipinski definition) is 2. The van der Waals surface area contributed by atoms with Crippen LogP contribution in [-0.2, 0) is 6.42 Å². The molecule has 1 aromatic heterocycles. The van der Waals surface area contributed by atoms with Crippen molar-refractivity contribution in [1.82, 2.24) is 9.88 Å². The molecule has 80 valence electrons. The van der Waals surface area contributed by atoms with Crippen molar-refractivity contribution in [1.29, 1.82) is 0 Å². The maximum absolute atomic E-state index is 11.0. The summed E-state index contributed by atoms with van der Waals surface area (Å²) in [6.07, 6.45) is 4.91. The van der Waals surface area contributed by atoms with Gasteiger partial charge in [0.25, 0.3) is 0 Å². The fraction of sp³-hybridized carbons (Fsp3) is 0.545. The molecule has 3 rings (SSSR count). The van der Waals surface area contributed by atoms with E-state index >= 15 is 0 Å². The van der Waals surface area contributed by atoms with Gasteiger partial charge in [0.15, 0.2) is 0 Å². The Bertz CT molecular complexity index is 411. The molecular formula is C11H14N2O2. The Morgan fingerprint density at radius 1 is 1.53 bits per heavy atom. The summed E-state index contributed by atoms with van der Waals surface area (Å²) in [5, 5.41) is 9.04. The summed E-state index contributed by atoms with van der Waals surface area (Å²) < 4.78 is 0. The maximum atomic E-state index is 11.0. The number of fused-ring (bicyclic) bond motifs is 3. The molecule has 1 aromatic rings. The van der Waals surface area contributed by atoms with Gasteiger partial charge in [0.05, 0.1) is 11.6 Å². The molecule has 0 aliphatic carbocycles. The van der Waals surface area contributed by atoms with Crippen LogP contribution in [0.2, 0.25) is 0 Å².